The summed E-state index contributed by atoms with van der Waals surface area (Å²) < 4.78 is 90.9. The zero-order valence-corrected chi connectivity index (χ0v) is 17.9. The highest BCUT2D eigenvalue weighted by molar-refractivity contribution is 6.30. The maximum absolute atomic E-state index is 13.7. The molecular formula is C23H16ClF6NO3. The van der Waals surface area contributed by atoms with Gasteiger partial charge < -0.3 is 9.47 Å². The van der Waals surface area contributed by atoms with Crippen LogP contribution in [0.25, 0.3) is 11.1 Å². The van der Waals surface area contributed by atoms with E-state index in [9.17, 15) is 31.1 Å². The van der Waals surface area contributed by atoms with Gasteiger partial charge in [0.2, 0.25) is 0 Å². The number of benzene rings is 2. The van der Waals surface area contributed by atoms with Crippen LogP contribution in [-0.4, -0.2) is 28.9 Å². The Bertz CT molecular complexity index is 1090. The SMILES string of the molecule is O=C(OCc1cccnc1)C(OCc1ccc(-c2ccc(Cl)cc2)cc1)(C(F)(F)F)C(F)(F)F. The van der Waals surface area contributed by atoms with Gasteiger partial charge in [0, 0.05) is 23.0 Å². The smallest absolute Gasteiger partial charge is 0.437 e. The second-order valence-electron chi connectivity index (χ2n) is 7.11. The number of carbonyl (C=O) groups is 1. The summed E-state index contributed by atoms with van der Waals surface area (Å²) in [6, 6.07) is 14.9. The van der Waals surface area contributed by atoms with Crippen molar-refractivity contribution in [1.29, 1.82) is 0 Å². The van der Waals surface area contributed by atoms with Gasteiger partial charge in [-0.3, -0.25) is 4.98 Å². The van der Waals surface area contributed by atoms with E-state index < -0.39 is 37.1 Å². The van der Waals surface area contributed by atoms with Crippen molar-refractivity contribution in [3.63, 3.8) is 0 Å². The van der Waals surface area contributed by atoms with Crippen LogP contribution in [-0.2, 0) is 27.5 Å². The molecule has 0 atom stereocenters. The van der Waals surface area contributed by atoms with Crippen LogP contribution in [0.4, 0.5) is 26.3 Å². The van der Waals surface area contributed by atoms with Crippen LogP contribution in [0.2, 0.25) is 5.02 Å². The molecule has 0 saturated carbocycles. The lowest BCUT2D eigenvalue weighted by molar-refractivity contribution is -0.372. The minimum Gasteiger partial charge on any atom is -0.458 e. The van der Waals surface area contributed by atoms with E-state index in [4.69, 9.17) is 11.6 Å². The second kappa shape index (κ2) is 10.0. The molecule has 0 bridgehead atoms. The number of carbonyl (C=O) groups excluding carboxylic acids is 1. The van der Waals surface area contributed by atoms with Crippen LogP contribution in [0.15, 0.2) is 73.1 Å². The van der Waals surface area contributed by atoms with Gasteiger partial charge in [-0.25, -0.2) is 4.79 Å². The molecule has 34 heavy (non-hydrogen) atoms. The third-order valence-electron chi connectivity index (χ3n) is 4.77. The fraction of sp³-hybridized carbons (Fsp3) is 0.217. The second-order valence-corrected chi connectivity index (χ2v) is 7.54. The molecule has 180 valence electrons. The molecule has 0 spiro atoms. The average Bonchev–Trinajstić information content (AvgIpc) is 2.78. The van der Waals surface area contributed by atoms with Crippen molar-refractivity contribution in [2.24, 2.45) is 0 Å². The van der Waals surface area contributed by atoms with E-state index in [0.29, 0.717) is 10.6 Å². The normalized spacial score (nSPS) is 12.4. The molecule has 0 saturated heterocycles. The van der Waals surface area contributed by atoms with Crippen LogP contribution in [0.5, 0.6) is 0 Å². The van der Waals surface area contributed by atoms with Gasteiger partial charge in [-0.1, -0.05) is 54.1 Å². The largest absolute Gasteiger partial charge is 0.458 e. The van der Waals surface area contributed by atoms with Crippen molar-refractivity contribution in [3.8, 4) is 11.1 Å². The Balaban J connectivity index is 1.82. The lowest BCUT2D eigenvalue weighted by Crippen LogP contribution is -2.64. The molecule has 0 radical (unpaired) electrons. The molecule has 0 fully saturated rings. The zero-order chi connectivity index (χ0) is 25.0. The van der Waals surface area contributed by atoms with Crippen LogP contribution in [0, 0.1) is 0 Å². The third kappa shape index (κ3) is 5.51. The highest BCUT2D eigenvalue weighted by Crippen LogP contribution is 2.47. The molecule has 0 aliphatic heterocycles. The molecule has 4 nitrogen and oxygen atoms in total. The Morgan fingerprint density at radius 3 is 1.85 bits per heavy atom. The molecular weight excluding hydrogens is 488 g/mol. The summed E-state index contributed by atoms with van der Waals surface area (Å²) in [6.45, 7) is -2.00. The number of ether oxygens (including phenoxy) is 2. The standard InChI is InChI=1S/C23H16ClF6NO3/c24-19-9-7-18(8-10-19)17-5-3-15(4-6-17)14-34-21(22(25,26)27,23(28,29)30)20(32)33-13-16-2-1-11-31-12-16/h1-12H,13-14H2. The average molecular weight is 504 g/mol. The van der Waals surface area contributed by atoms with Crippen molar-refractivity contribution in [2.45, 2.75) is 31.2 Å². The van der Waals surface area contributed by atoms with E-state index in [1.807, 2.05) is 0 Å². The Morgan fingerprint density at radius 2 is 1.35 bits per heavy atom. The number of rotatable bonds is 7. The van der Waals surface area contributed by atoms with Crippen LogP contribution >= 0.6 is 11.6 Å². The summed E-state index contributed by atoms with van der Waals surface area (Å²) in [5.74, 6) is -2.62. The molecule has 1 heterocycles. The Morgan fingerprint density at radius 1 is 0.794 bits per heavy atom. The molecule has 0 aliphatic carbocycles. The van der Waals surface area contributed by atoms with E-state index >= 15 is 0 Å². The number of nitrogens with zero attached hydrogens (tertiary/aromatic N) is 1. The number of halogens is 7. The van der Waals surface area contributed by atoms with E-state index in [0.717, 1.165) is 11.8 Å². The maximum Gasteiger partial charge on any atom is 0.437 e. The topological polar surface area (TPSA) is 48.4 Å². The molecule has 2 aromatic carbocycles. The monoisotopic (exact) mass is 503 g/mol. The van der Waals surface area contributed by atoms with Crippen LogP contribution in [0.1, 0.15) is 11.1 Å². The molecule has 11 heteroatoms. The predicted octanol–water partition coefficient (Wildman–Crippen LogP) is 6.53. The zero-order valence-electron chi connectivity index (χ0n) is 17.2. The Labute approximate surface area is 195 Å². The predicted molar refractivity (Wildman–Crippen MR) is 111 cm³/mol. The van der Waals surface area contributed by atoms with E-state index in [1.54, 1.807) is 24.3 Å². The number of aromatic nitrogens is 1. The van der Waals surface area contributed by atoms with E-state index in [2.05, 4.69) is 14.5 Å². The number of hydrogen-bond acceptors (Lipinski definition) is 4. The number of esters is 1. The van der Waals surface area contributed by atoms with Gasteiger partial charge in [-0.2, -0.15) is 26.3 Å². The van der Waals surface area contributed by atoms with Crippen molar-refractivity contribution < 1.29 is 40.6 Å². The van der Waals surface area contributed by atoms with Gasteiger partial charge in [0.15, 0.2) is 0 Å². The molecule has 0 unspecified atom stereocenters. The summed E-state index contributed by atoms with van der Waals surface area (Å²) in [5, 5.41) is 0.500. The van der Waals surface area contributed by atoms with Gasteiger partial charge in [0.25, 0.3) is 0 Å². The molecule has 0 amide bonds. The third-order valence-corrected chi connectivity index (χ3v) is 5.02. The van der Waals surface area contributed by atoms with Gasteiger partial charge in [0.1, 0.15) is 6.61 Å². The van der Waals surface area contributed by atoms with Crippen molar-refractivity contribution in [1.82, 2.24) is 4.98 Å². The summed E-state index contributed by atoms with van der Waals surface area (Å²) in [6.07, 6.45) is -9.80. The number of pyridine rings is 1. The first-order chi connectivity index (χ1) is 15.9. The quantitative estimate of drug-likeness (QED) is 0.272. The lowest BCUT2D eigenvalue weighted by Gasteiger charge is -2.34. The first-order valence-electron chi connectivity index (χ1n) is 9.62. The maximum atomic E-state index is 13.7. The summed E-state index contributed by atoms with van der Waals surface area (Å²) in [4.78, 5) is 15.9. The highest BCUT2D eigenvalue weighted by atomic mass is 35.5. The van der Waals surface area contributed by atoms with Gasteiger partial charge in [-0.15, -0.1) is 0 Å². The summed E-state index contributed by atoms with van der Waals surface area (Å²) in [7, 11) is 0. The molecule has 1 aromatic heterocycles. The van der Waals surface area contributed by atoms with Crippen LogP contribution < -0.4 is 0 Å². The molecule has 3 rings (SSSR count). The number of alkyl halides is 6. The van der Waals surface area contributed by atoms with E-state index in [-0.39, 0.29) is 11.1 Å². The number of hydrogen-bond donors (Lipinski definition) is 0. The van der Waals surface area contributed by atoms with Crippen molar-refractivity contribution >= 4 is 17.6 Å². The Kier molecular flexibility index (Phi) is 7.52. The highest BCUT2D eigenvalue weighted by Gasteiger charge is 2.78. The summed E-state index contributed by atoms with van der Waals surface area (Å²) in [5.41, 5.74) is -3.70. The lowest BCUT2D eigenvalue weighted by atomic mass is 10.0. The molecule has 0 N–H and O–H groups in total. The van der Waals surface area contributed by atoms with Crippen LogP contribution in [0.3, 0.4) is 0 Å². The molecule has 0 aliphatic rings. The first-order valence-corrected chi connectivity index (χ1v) is 10.0. The fourth-order valence-corrected chi connectivity index (χ4v) is 3.10. The van der Waals surface area contributed by atoms with Crippen molar-refractivity contribution in [3.05, 3.63) is 89.2 Å². The first kappa shape index (κ1) is 25.5. The minimum absolute atomic E-state index is 0.0179. The summed E-state index contributed by atoms with van der Waals surface area (Å²) >= 11 is 5.82. The molecule has 3 aromatic rings. The fourth-order valence-electron chi connectivity index (χ4n) is 2.98. The Hall–Kier alpha value is -3.11. The van der Waals surface area contributed by atoms with Gasteiger partial charge in [0.05, 0.1) is 6.61 Å². The minimum atomic E-state index is -6.14. The van der Waals surface area contributed by atoms with E-state index in [1.165, 1.54) is 42.6 Å². The van der Waals surface area contributed by atoms with Gasteiger partial charge >= 0.3 is 23.9 Å². The van der Waals surface area contributed by atoms with Crippen molar-refractivity contribution in [2.75, 3.05) is 0 Å². The van der Waals surface area contributed by atoms with Gasteiger partial charge in [-0.05, 0) is 34.9 Å².